The Bertz CT molecular complexity index is 611. The summed E-state index contributed by atoms with van der Waals surface area (Å²) in [7, 11) is 0. The lowest BCUT2D eigenvalue weighted by molar-refractivity contribution is -0.132. The third-order valence-electron chi connectivity index (χ3n) is 3.83. The molecule has 1 fully saturated rings. The standard InChI is InChI=1S/C16H20N4O/c1-13-2-4-14(5-3-13)15-10-18-12-20(15)11-16(21)19-8-6-17-7-9-19/h2-5,10,12,17H,6-9,11H2,1H3. The van der Waals surface area contributed by atoms with E-state index in [2.05, 4.69) is 41.5 Å². The second-order valence-corrected chi connectivity index (χ2v) is 5.40. The topological polar surface area (TPSA) is 50.2 Å². The maximum atomic E-state index is 12.4. The highest BCUT2D eigenvalue weighted by atomic mass is 16.2. The molecule has 0 spiro atoms. The predicted octanol–water partition coefficient (Wildman–Crippen LogP) is 1.29. The van der Waals surface area contributed by atoms with Gasteiger partial charge in [0.15, 0.2) is 0 Å². The van der Waals surface area contributed by atoms with E-state index in [4.69, 9.17) is 0 Å². The molecule has 1 aromatic heterocycles. The fourth-order valence-corrected chi connectivity index (χ4v) is 2.57. The van der Waals surface area contributed by atoms with Crippen LogP contribution in [0.15, 0.2) is 36.8 Å². The summed E-state index contributed by atoms with van der Waals surface area (Å²) in [6, 6.07) is 8.28. The van der Waals surface area contributed by atoms with Crippen LogP contribution in [0, 0.1) is 6.92 Å². The van der Waals surface area contributed by atoms with Gasteiger partial charge in [-0.1, -0.05) is 29.8 Å². The Balaban J connectivity index is 1.76. The Labute approximate surface area is 124 Å². The van der Waals surface area contributed by atoms with Gasteiger partial charge >= 0.3 is 0 Å². The molecule has 1 amide bonds. The maximum absolute atomic E-state index is 12.4. The number of carbonyl (C=O) groups is 1. The number of nitrogens with zero attached hydrogens (tertiary/aromatic N) is 3. The summed E-state index contributed by atoms with van der Waals surface area (Å²) in [4.78, 5) is 18.5. The van der Waals surface area contributed by atoms with Crippen LogP contribution in [0.4, 0.5) is 0 Å². The van der Waals surface area contributed by atoms with Crippen molar-refractivity contribution in [3.63, 3.8) is 0 Å². The third kappa shape index (κ3) is 3.13. The summed E-state index contributed by atoms with van der Waals surface area (Å²) in [5.74, 6) is 0.155. The van der Waals surface area contributed by atoms with Crippen LogP contribution >= 0.6 is 0 Å². The first-order valence-electron chi connectivity index (χ1n) is 7.30. The van der Waals surface area contributed by atoms with Gasteiger partial charge in [0.25, 0.3) is 0 Å². The highest BCUT2D eigenvalue weighted by molar-refractivity contribution is 5.77. The van der Waals surface area contributed by atoms with E-state index in [0.717, 1.165) is 37.4 Å². The first kappa shape index (κ1) is 13.8. The van der Waals surface area contributed by atoms with Gasteiger partial charge in [0.05, 0.1) is 18.2 Å². The lowest BCUT2D eigenvalue weighted by Gasteiger charge is -2.27. The number of nitrogens with one attached hydrogen (secondary N) is 1. The van der Waals surface area contributed by atoms with Crippen LogP contribution in [0.1, 0.15) is 5.56 Å². The molecule has 0 radical (unpaired) electrons. The van der Waals surface area contributed by atoms with E-state index in [0.29, 0.717) is 6.54 Å². The zero-order chi connectivity index (χ0) is 14.7. The fourth-order valence-electron chi connectivity index (χ4n) is 2.57. The number of hydrogen-bond donors (Lipinski definition) is 1. The van der Waals surface area contributed by atoms with Gasteiger partial charge < -0.3 is 14.8 Å². The van der Waals surface area contributed by atoms with Crippen LogP contribution in [0.2, 0.25) is 0 Å². The number of amides is 1. The molecule has 0 aliphatic carbocycles. The summed E-state index contributed by atoms with van der Waals surface area (Å²) in [6.45, 7) is 5.74. The first-order chi connectivity index (χ1) is 10.2. The minimum absolute atomic E-state index is 0.155. The molecule has 5 heteroatoms. The lowest BCUT2D eigenvalue weighted by atomic mass is 10.1. The van der Waals surface area contributed by atoms with Crippen LogP contribution in [0.25, 0.3) is 11.3 Å². The van der Waals surface area contributed by atoms with E-state index in [1.54, 1.807) is 6.33 Å². The molecule has 3 rings (SSSR count). The van der Waals surface area contributed by atoms with E-state index in [9.17, 15) is 4.79 Å². The molecule has 1 N–H and O–H groups in total. The zero-order valence-corrected chi connectivity index (χ0v) is 12.2. The van der Waals surface area contributed by atoms with E-state index in [1.807, 2.05) is 15.7 Å². The molecule has 1 saturated heterocycles. The van der Waals surface area contributed by atoms with Gasteiger partial charge in [0.2, 0.25) is 5.91 Å². The summed E-state index contributed by atoms with van der Waals surface area (Å²) in [5, 5.41) is 3.26. The van der Waals surface area contributed by atoms with Crippen molar-refractivity contribution in [2.45, 2.75) is 13.5 Å². The van der Waals surface area contributed by atoms with Gasteiger partial charge in [0, 0.05) is 26.2 Å². The second-order valence-electron chi connectivity index (χ2n) is 5.40. The van der Waals surface area contributed by atoms with Crippen molar-refractivity contribution in [3.8, 4) is 11.3 Å². The second kappa shape index (κ2) is 6.10. The zero-order valence-electron chi connectivity index (χ0n) is 12.2. The van der Waals surface area contributed by atoms with Crippen LogP contribution in [-0.4, -0.2) is 46.5 Å². The Kier molecular flexibility index (Phi) is 4.01. The Hall–Kier alpha value is -2.14. The maximum Gasteiger partial charge on any atom is 0.242 e. The quantitative estimate of drug-likeness (QED) is 0.924. The lowest BCUT2D eigenvalue weighted by Crippen LogP contribution is -2.47. The summed E-state index contributed by atoms with van der Waals surface area (Å²) >= 11 is 0. The Morgan fingerprint density at radius 2 is 1.95 bits per heavy atom. The SMILES string of the molecule is Cc1ccc(-c2cncn2CC(=O)N2CCNCC2)cc1. The summed E-state index contributed by atoms with van der Waals surface area (Å²) in [6.07, 6.45) is 3.55. The monoisotopic (exact) mass is 284 g/mol. The number of aromatic nitrogens is 2. The van der Waals surface area contributed by atoms with Crippen molar-refractivity contribution in [1.29, 1.82) is 0 Å². The molecule has 1 aliphatic heterocycles. The van der Waals surface area contributed by atoms with Crippen LogP contribution in [-0.2, 0) is 11.3 Å². The highest BCUT2D eigenvalue weighted by Gasteiger charge is 2.17. The number of carbonyl (C=O) groups excluding carboxylic acids is 1. The molecule has 2 aromatic rings. The number of rotatable bonds is 3. The number of benzene rings is 1. The average molecular weight is 284 g/mol. The molecule has 0 saturated carbocycles. The smallest absolute Gasteiger partial charge is 0.242 e. The molecule has 5 nitrogen and oxygen atoms in total. The molecular formula is C16H20N4O. The predicted molar refractivity (Wildman–Crippen MR) is 81.8 cm³/mol. The average Bonchev–Trinajstić information content (AvgIpc) is 2.97. The summed E-state index contributed by atoms with van der Waals surface area (Å²) < 4.78 is 1.93. The van der Waals surface area contributed by atoms with Crippen LogP contribution < -0.4 is 5.32 Å². The van der Waals surface area contributed by atoms with Crippen molar-refractivity contribution < 1.29 is 4.79 Å². The molecule has 0 bridgehead atoms. The summed E-state index contributed by atoms with van der Waals surface area (Å²) in [5.41, 5.74) is 3.30. The van der Waals surface area contributed by atoms with Gasteiger partial charge in [-0.25, -0.2) is 4.98 Å². The molecular weight excluding hydrogens is 264 g/mol. The van der Waals surface area contributed by atoms with Gasteiger partial charge in [-0.15, -0.1) is 0 Å². The number of imidazole rings is 1. The molecule has 110 valence electrons. The molecule has 0 atom stereocenters. The Morgan fingerprint density at radius 1 is 1.24 bits per heavy atom. The van der Waals surface area contributed by atoms with E-state index in [1.165, 1.54) is 5.56 Å². The van der Waals surface area contributed by atoms with E-state index >= 15 is 0 Å². The van der Waals surface area contributed by atoms with Gasteiger partial charge in [-0.2, -0.15) is 0 Å². The first-order valence-corrected chi connectivity index (χ1v) is 7.30. The molecule has 0 unspecified atom stereocenters. The Morgan fingerprint density at radius 3 is 2.67 bits per heavy atom. The minimum atomic E-state index is 0.155. The molecule has 21 heavy (non-hydrogen) atoms. The van der Waals surface area contributed by atoms with Crippen molar-refractivity contribution in [1.82, 2.24) is 19.8 Å². The minimum Gasteiger partial charge on any atom is -0.339 e. The van der Waals surface area contributed by atoms with Crippen molar-refractivity contribution in [3.05, 3.63) is 42.4 Å². The van der Waals surface area contributed by atoms with Crippen molar-refractivity contribution >= 4 is 5.91 Å². The van der Waals surface area contributed by atoms with E-state index in [-0.39, 0.29) is 5.91 Å². The largest absolute Gasteiger partial charge is 0.339 e. The number of piperazine rings is 1. The van der Waals surface area contributed by atoms with Crippen molar-refractivity contribution in [2.75, 3.05) is 26.2 Å². The normalized spacial score (nSPS) is 15.2. The van der Waals surface area contributed by atoms with Gasteiger partial charge in [-0.05, 0) is 12.5 Å². The fraction of sp³-hybridized carbons (Fsp3) is 0.375. The molecule has 2 heterocycles. The van der Waals surface area contributed by atoms with Gasteiger partial charge in [0.1, 0.15) is 6.54 Å². The highest BCUT2D eigenvalue weighted by Crippen LogP contribution is 2.19. The third-order valence-corrected chi connectivity index (χ3v) is 3.83. The van der Waals surface area contributed by atoms with Crippen LogP contribution in [0.3, 0.4) is 0 Å². The number of hydrogen-bond acceptors (Lipinski definition) is 3. The molecule has 1 aromatic carbocycles. The molecule has 1 aliphatic rings. The number of aryl methyl sites for hydroxylation is 1. The van der Waals surface area contributed by atoms with Gasteiger partial charge in [-0.3, -0.25) is 4.79 Å². The van der Waals surface area contributed by atoms with Crippen molar-refractivity contribution in [2.24, 2.45) is 0 Å². The van der Waals surface area contributed by atoms with E-state index < -0.39 is 0 Å². The van der Waals surface area contributed by atoms with Crippen LogP contribution in [0.5, 0.6) is 0 Å².